The summed E-state index contributed by atoms with van der Waals surface area (Å²) in [6, 6.07) is 3.38. The summed E-state index contributed by atoms with van der Waals surface area (Å²) in [4.78, 5) is 3.77. The van der Waals surface area contributed by atoms with E-state index in [0.29, 0.717) is 0 Å². The Morgan fingerprint density at radius 3 is 2.00 bits per heavy atom. The van der Waals surface area contributed by atoms with Crippen molar-refractivity contribution in [2.75, 3.05) is 0 Å². The molecule has 2 fully saturated rings. The van der Waals surface area contributed by atoms with Crippen LogP contribution >= 0.6 is 0 Å². The van der Waals surface area contributed by atoms with E-state index >= 15 is 0 Å². The quantitative estimate of drug-likeness (QED) is 0.487. The smallest absolute Gasteiger partial charge is 0.212 e. The summed E-state index contributed by atoms with van der Waals surface area (Å²) < 4.78 is 12.9. The molecule has 0 amide bonds. The van der Waals surface area contributed by atoms with Gasteiger partial charge in [-0.3, -0.25) is 0 Å². The van der Waals surface area contributed by atoms with E-state index in [1.54, 1.807) is 6.20 Å². The molecule has 0 aromatic carbocycles. The van der Waals surface area contributed by atoms with Crippen molar-refractivity contribution in [3.05, 3.63) is 29.8 Å². The van der Waals surface area contributed by atoms with Crippen LogP contribution in [0, 0.1) is 29.6 Å². The molecule has 140 valence electrons. The maximum Gasteiger partial charge on any atom is 0.212 e. The lowest BCUT2D eigenvalue weighted by molar-refractivity contribution is 0.140. The highest BCUT2D eigenvalue weighted by molar-refractivity contribution is 5.09. The second-order valence-corrected chi connectivity index (χ2v) is 8.73. The molecule has 0 N–H and O–H groups in total. The number of unbranched alkanes of at least 4 members (excludes halogenated alkanes) is 1. The molecule has 25 heavy (non-hydrogen) atoms. The van der Waals surface area contributed by atoms with Gasteiger partial charge in [-0.15, -0.1) is 0 Å². The lowest BCUT2D eigenvalue weighted by Crippen LogP contribution is -2.26. The highest BCUT2D eigenvalue weighted by Crippen LogP contribution is 2.43. The van der Waals surface area contributed by atoms with Crippen LogP contribution in [0.2, 0.25) is 0 Å². The van der Waals surface area contributed by atoms with Gasteiger partial charge in [-0.25, -0.2) is 4.98 Å². The number of rotatable bonds is 7. The fourth-order valence-corrected chi connectivity index (χ4v) is 5.31. The topological polar surface area (TPSA) is 12.9 Å². The van der Waals surface area contributed by atoms with Crippen LogP contribution < -0.4 is 0 Å². The van der Waals surface area contributed by atoms with Crippen LogP contribution in [-0.4, -0.2) is 4.98 Å². The van der Waals surface area contributed by atoms with E-state index in [1.807, 2.05) is 6.07 Å². The minimum atomic E-state index is -0.367. The molecule has 0 unspecified atom stereocenters. The first-order valence-corrected chi connectivity index (χ1v) is 10.8. The van der Waals surface area contributed by atoms with Crippen LogP contribution in [-0.2, 0) is 6.42 Å². The maximum absolute atomic E-state index is 12.9. The van der Waals surface area contributed by atoms with Crippen molar-refractivity contribution in [1.82, 2.24) is 4.98 Å². The molecule has 2 aliphatic carbocycles. The molecule has 0 radical (unpaired) electrons. The summed E-state index contributed by atoms with van der Waals surface area (Å²) in [6.07, 6.45) is 20.0. The zero-order valence-electron chi connectivity index (χ0n) is 16.1. The van der Waals surface area contributed by atoms with Gasteiger partial charge in [0.1, 0.15) is 0 Å². The summed E-state index contributed by atoms with van der Waals surface area (Å²) in [5.41, 5.74) is 1.19. The van der Waals surface area contributed by atoms with E-state index in [4.69, 9.17) is 0 Å². The average Bonchev–Trinajstić information content (AvgIpc) is 2.67. The van der Waals surface area contributed by atoms with Crippen LogP contribution in [0.15, 0.2) is 18.3 Å². The Morgan fingerprint density at radius 1 is 0.880 bits per heavy atom. The minimum Gasteiger partial charge on any atom is -0.228 e. The molecule has 2 aliphatic rings. The lowest BCUT2D eigenvalue weighted by Gasteiger charge is -2.38. The van der Waals surface area contributed by atoms with Crippen molar-refractivity contribution in [2.24, 2.45) is 23.7 Å². The number of pyridine rings is 1. The van der Waals surface area contributed by atoms with Gasteiger partial charge in [-0.1, -0.05) is 57.9 Å². The van der Waals surface area contributed by atoms with Crippen LogP contribution in [0.5, 0.6) is 0 Å². The number of aromatic nitrogens is 1. The standard InChI is InChI=1S/C23H36FN/c1-2-3-4-18-7-12-21(13-8-18)22-14-9-19(10-15-22)5-6-20-11-16-23(24)25-17-20/h11,16-19,21-22H,2-10,12-15H2,1H3/t18-,19-,21-,22-. The summed E-state index contributed by atoms with van der Waals surface area (Å²) in [7, 11) is 0. The molecular formula is C23H36FN. The zero-order valence-corrected chi connectivity index (χ0v) is 16.1. The van der Waals surface area contributed by atoms with Crippen LogP contribution in [0.3, 0.4) is 0 Å². The molecule has 0 aliphatic heterocycles. The first-order valence-electron chi connectivity index (χ1n) is 10.8. The molecule has 1 nitrogen and oxygen atoms in total. The Morgan fingerprint density at radius 2 is 1.48 bits per heavy atom. The van der Waals surface area contributed by atoms with E-state index in [-0.39, 0.29) is 5.95 Å². The van der Waals surface area contributed by atoms with Gasteiger partial charge < -0.3 is 0 Å². The van der Waals surface area contributed by atoms with E-state index in [0.717, 1.165) is 30.1 Å². The molecule has 0 bridgehead atoms. The molecule has 2 heteroatoms. The largest absolute Gasteiger partial charge is 0.228 e. The van der Waals surface area contributed by atoms with Gasteiger partial charge >= 0.3 is 0 Å². The lowest BCUT2D eigenvalue weighted by atomic mass is 9.68. The van der Waals surface area contributed by atoms with Crippen molar-refractivity contribution in [2.45, 2.75) is 90.4 Å². The Hall–Kier alpha value is -0.920. The molecule has 2 saturated carbocycles. The van der Waals surface area contributed by atoms with Gasteiger partial charge in [0.25, 0.3) is 0 Å². The number of hydrogen-bond acceptors (Lipinski definition) is 1. The highest BCUT2D eigenvalue weighted by Gasteiger charge is 2.30. The van der Waals surface area contributed by atoms with E-state index in [2.05, 4.69) is 11.9 Å². The summed E-state index contributed by atoms with van der Waals surface area (Å²) in [5, 5.41) is 0. The molecular weight excluding hydrogens is 309 g/mol. The SMILES string of the molecule is CCCC[C@H]1CC[C@H]([C@H]2CC[C@H](CCc3ccc(F)nc3)CC2)CC1. The van der Waals surface area contributed by atoms with Gasteiger partial charge in [0.05, 0.1) is 0 Å². The zero-order chi connectivity index (χ0) is 17.5. The van der Waals surface area contributed by atoms with Gasteiger partial charge in [-0.05, 0) is 73.8 Å². The maximum atomic E-state index is 12.9. The van der Waals surface area contributed by atoms with Gasteiger partial charge in [0, 0.05) is 6.20 Å². The molecule has 3 rings (SSSR count). The van der Waals surface area contributed by atoms with E-state index < -0.39 is 0 Å². The molecule has 1 aromatic heterocycles. The second-order valence-electron chi connectivity index (χ2n) is 8.73. The average molecular weight is 346 g/mol. The molecule has 0 atom stereocenters. The van der Waals surface area contributed by atoms with Gasteiger partial charge in [0.2, 0.25) is 5.95 Å². The normalized spacial score (nSPS) is 30.3. The second kappa shape index (κ2) is 9.69. The minimum absolute atomic E-state index is 0.367. The van der Waals surface area contributed by atoms with E-state index in [9.17, 15) is 4.39 Å². The number of aryl methyl sites for hydroxylation is 1. The van der Waals surface area contributed by atoms with Crippen molar-refractivity contribution in [3.63, 3.8) is 0 Å². The molecule has 0 saturated heterocycles. The van der Waals surface area contributed by atoms with Gasteiger partial charge in [-0.2, -0.15) is 4.39 Å². The molecule has 0 spiro atoms. The first-order chi connectivity index (χ1) is 12.2. The summed E-state index contributed by atoms with van der Waals surface area (Å²) in [6.45, 7) is 2.32. The molecule has 1 aromatic rings. The third-order valence-electron chi connectivity index (χ3n) is 7.05. The van der Waals surface area contributed by atoms with Crippen molar-refractivity contribution < 1.29 is 4.39 Å². The third-order valence-corrected chi connectivity index (χ3v) is 7.05. The first kappa shape index (κ1) is 18.9. The fraction of sp³-hybridized carbons (Fsp3) is 0.783. The van der Waals surface area contributed by atoms with Crippen molar-refractivity contribution >= 4 is 0 Å². The summed E-state index contributed by atoms with van der Waals surface area (Å²) in [5.74, 6) is 3.59. The predicted molar refractivity (Wildman–Crippen MR) is 103 cm³/mol. The van der Waals surface area contributed by atoms with Crippen LogP contribution in [0.1, 0.15) is 89.5 Å². The Labute approximate surface area is 153 Å². The molecule has 1 heterocycles. The Bertz CT molecular complexity index is 481. The summed E-state index contributed by atoms with van der Waals surface area (Å²) >= 11 is 0. The fourth-order valence-electron chi connectivity index (χ4n) is 5.31. The highest BCUT2D eigenvalue weighted by atomic mass is 19.1. The number of nitrogens with zero attached hydrogens (tertiary/aromatic N) is 1. The van der Waals surface area contributed by atoms with Gasteiger partial charge in [0.15, 0.2) is 0 Å². The number of hydrogen-bond donors (Lipinski definition) is 0. The van der Waals surface area contributed by atoms with Crippen LogP contribution in [0.25, 0.3) is 0 Å². The Balaban J connectivity index is 1.34. The van der Waals surface area contributed by atoms with Crippen molar-refractivity contribution in [3.8, 4) is 0 Å². The predicted octanol–water partition coefficient (Wildman–Crippen LogP) is 6.96. The monoisotopic (exact) mass is 345 g/mol. The van der Waals surface area contributed by atoms with Crippen molar-refractivity contribution in [1.29, 1.82) is 0 Å². The number of halogens is 1. The Kier molecular flexibility index (Phi) is 7.31. The third kappa shape index (κ3) is 5.79. The van der Waals surface area contributed by atoms with E-state index in [1.165, 1.54) is 88.7 Å². The van der Waals surface area contributed by atoms with Crippen LogP contribution in [0.4, 0.5) is 4.39 Å².